The molecule has 0 bridgehead atoms. The summed E-state index contributed by atoms with van der Waals surface area (Å²) in [5.41, 5.74) is 1.03. The molecular formula is C19H17N3O2. The molecule has 1 aromatic carbocycles. The highest BCUT2D eigenvalue weighted by Gasteiger charge is 2.23. The molecule has 0 radical (unpaired) electrons. The molecule has 0 atom stereocenters. The second kappa shape index (κ2) is 7.48. The van der Waals surface area contributed by atoms with Gasteiger partial charge in [-0.25, -0.2) is 4.98 Å². The van der Waals surface area contributed by atoms with Crippen molar-refractivity contribution in [2.45, 2.75) is 37.9 Å². The first-order valence-electron chi connectivity index (χ1n) is 7.96. The van der Waals surface area contributed by atoms with Crippen LogP contribution in [0.5, 0.6) is 11.5 Å². The van der Waals surface area contributed by atoms with Crippen LogP contribution in [-0.2, 0) is 0 Å². The lowest BCUT2D eigenvalue weighted by molar-refractivity contribution is 0.0804. The molecule has 2 aromatic rings. The zero-order valence-electron chi connectivity index (χ0n) is 13.2. The molecule has 5 heteroatoms. The fraction of sp³-hybridized carbons (Fsp3) is 0.316. The molecule has 1 saturated carbocycles. The minimum atomic E-state index is 0.153. The summed E-state index contributed by atoms with van der Waals surface area (Å²) in [5.74, 6) is 1.50. The molecule has 24 heavy (non-hydrogen) atoms. The third kappa shape index (κ3) is 4.02. The quantitative estimate of drug-likeness (QED) is 0.860. The Kier molecular flexibility index (Phi) is 4.93. The van der Waals surface area contributed by atoms with Gasteiger partial charge in [0.25, 0.3) is 0 Å². The monoisotopic (exact) mass is 319 g/mol. The summed E-state index contributed by atoms with van der Waals surface area (Å²) < 4.78 is 11.9. The van der Waals surface area contributed by atoms with E-state index in [1.807, 2.05) is 18.2 Å². The van der Waals surface area contributed by atoms with Crippen molar-refractivity contribution >= 4 is 0 Å². The molecule has 1 fully saturated rings. The topological polar surface area (TPSA) is 78.9 Å². The van der Waals surface area contributed by atoms with Crippen LogP contribution in [-0.4, -0.2) is 17.2 Å². The highest BCUT2D eigenvalue weighted by molar-refractivity contribution is 5.34. The van der Waals surface area contributed by atoms with Crippen LogP contribution >= 0.6 is 0 Å². The fourth-order valence-corrected chi connectivity index (χ4v) is 2.78. The Morgan fingerprint density at radius 3 is 1.88 bits per heavy atom. The molecule has 0 saturated heterocycles. The molecule has 0 spiro atoms. The van der Waals surface area contributed by atoms with E-state index >= 15 is 0 Å². The number of rotatable bonds is 4. The Morgan fingerprint density at radius 2 is 1.38 bits per heavy atom. The van der Waals surface area contributed by atoms with Crippen molar-refractivity contribution in [3.8, 4) is 23.6 Å². The van der Waals surface area contributed by atoms with E-state index in [2.05, 4.69) is 11.1 Å². The maximum Gasteiger partial charge on any atom is 0.140 e. The maximum absolute atomic E-state index is 8.80. The number of pyridine rings is 1. The number of benzene rings is 1. The Bertz CT molecular complexity index is 682. The third-order valence-electron chi connectivity index (χ3n) is 4.06. The molecule has 1 aliphatic carbocycles. The van der Waals surface area contributed by atoms with E-state index in [1.54, 1.807) is 30.5 Å². The van der Waals surface area contributed by atoms with Gasteiger partial charge in [-0.3, -0.25) is 0 Å². The first-order valence-corrected chi connectivity index (χ1v) is 7.96. The largest absolute Gasteiger partial charge is 0.490 e. The Hall–Kier alpha value is -3.05. The zero-order chi connectivity index (χ0) is 16.8. The van der Waals surface area contributed by atoms with E-state index in [0.717, 1.165) is 31.4 Å². The Balaban J connectivity index is 1.48. The molecule has 0 unspecified atom stereocenters. The fourth-order valence-electron chi connectivity index (χ4n) is 2.78. The second-order valence-corrected chi connectivity index (χ2v) is 5.76. The van der Waals surface area contributed by atoms with E-state index in [1.165, 1.54) is 0 Å². The SMILES string of the molecule is N#Cc1ccc(OC2CCC(Oc3ccc(C#N)nc3)CC2)cc1. The summed E-state index contributed by atoms with van der Waals surface area (Å²) in [6.07, 6.45) is 5.61. The number of ether oxygens (including phenoxy) is 2. The van der Waals surface area contributed by atoms with Crippen molar-refractivity contribution in [1.29, 1.82) is 10.5 Å². The lowest BCUT2D eigenvalue weighted by Crippen LogP contribution is -2.30. The normalized spacial score (nSPS) is 19.8. The maximum atomic E-state index is 8.80. The van der Waals surface area contributed by atoms with E-state index < -0.39 is 0 Å². The molecular weight excluding hydrogens is 302 g/mol. The summed E-state index contributed by atoms with van der Waals surface area (Å²) in [5, 5.41) is 17.6. The van der Waals surface area contributed by atoms with Crippen molar-refractivity contribution in [3.63, 3.8) is 0 Å². The molecule has 0 N–H and O–H groups in total. The molecule has 1 aromatic heterocycles. The van der Waals surface area contributed by atoms with Crippen LogP contribution < -0.4 is 9.47 Å². The number of hydrogen-bond donors (Lipinski definition) is 0. The summed E-state index contributed by atoms with van der Waals surface area (Å²) in [7, 11) is 0. The van der Waals surface area contributed by atoms with Gasteiger partial charge in [0.15, 0.2) is 0 Å². The number of aromatic nitrogens is 1. The zero-order valence-corrected chi connectivity index (χ0v) is 13.2. The minimum Gasteiger partial charge on any atom is -0.490 e. The predicted molar refractivity (Wildman–Crippen MR) is 87.4 cm³/mol. The molecule has 1 heterocycles. The first-order chi connectivity index (χ1) is 11.8. The average molecular weight is 319 g/mol. The highest BCUT2D eigenvalue weighted by Crippen LogP contribution is 2.27. The second-order valence-electron chi connectivity index (χ2n) is 5.76. The summed E-state index contributed by atoms with van der Waals surface area (Å²) >= 11 is 0. The van der Waals surface area contributed by atoms with Crippen LogP contribution in [0.2, 0.25) is 0 Å². The molecule has 1 aliphatic rings. The number of nitrogens with zero attached hydrogens (tertiary/aromatic N) is 3. The highest BCUT2D eigenvalue weighted by atomic mass is 16.5. The molecule has 5 nitrogen and oxygen atoms in total. The van der Waals surface area contributed by atoms with E-state index in [9.17, 15) is 0 Å². The third-order valence-corrected chi connectivity index (χ3v) is 4.06. The van der Waals surface area contributed by atoms with Crippen LogP contribution in [0.4, 0.5) is 0 Å². The minimum absolute atomic E-state index is 0.153. The Morgan fingerprint density at radius 1 is 0.792 bits per heavy atom. The molecule has 0 amide bonds. The van der Waals surface area contributed by atoms with E-state index in [4.69, 9.17) is 20.0 Å². The van der Waals surface area contributed by atoms with Gasteiger partial charge in [0.05, 0.1) is 30.0 Å². The van der Waals surface area contributed by atoms with Gasteiger partial charge in [0.2, 0.25) is 0 Å². The molecule has 120 valence electrons. The van der Waals surface area contributed by atoms with Crippen LogP contribution in [0.15, 0.2) is 42.6 Å². The van der Waals surface area contributed by atoms with Gasteiger partial charge >= 0.3 is 0 Å². The van der Waals surface area contributed by atoms with Gasteiger partial charge in [-0.05, 0) is 62.1 Å². The van der Waals surface area contributed by atoms with E-state index in [-0.39, 0.29) is 12.2 Å². The van der Waals surface area contributed by atoms with Crippen LogP contribution in [0.1, 0.15) is 36.9 Å². The van der Waals surface area contributed by atoms with Crippen molar-refractivity contribution < 1.29 is 9.47 Å². The van der Waals surface area contributed by atoms with Crippen molar-refractivity contribution in [1.82, 2.24) is 4.98 Å². The van der Waals surface area contributed by atoms with Crippen LogP contribution in [0.3, 0.4) is 0 Å². The Labute approximate surface area is 141 Å². The first kappa shape index (κ1) is 15.8. The standard InChI is InChI=1S/C19H17N3O2/c20-11-14-1-4-16(5-2-14)23-17-7-9-18(10-8-17)24-19-6-3-15(12-21)22-13-19/h1-6,13,17-18H,7-10H2. The van der Waals surface area contributed by atoms with Crippen LogP contribution in [0, 0.1) is 22.7 Å². The van der Waals surface area contributed by atoms with Gasteiger partial charge in [-0.15, -0.1) is 0 Å². The lowest BCUT2D eigenvalue weighted by Gasteiger charge is -2.29. The van der Waals surface area contributed by atoms with Crippen molar-refractivity contribution in [3.05, 3.63) is 53.9 Å². The summed E-state index contributed by atoms with van der Waals surface area (Å²) in [4.78, 5) is 4.01. The number of hydrogen-bond acceptors (Lipinski definition) is 5. The van der Waals surface area contributed by atoms with Crippen LogP contribution in [0.25, 0.3) is 0 Å². The number of nitriles is 2. The van der Waals surface area contributed by atoms with Crippen molar-refractivity contribution in [2.75, 3.05) is 0 Å². The van der Waals surface area contributed by atoms with E-state index in [0.29, 0.717) is 17.0 Å². The predicted octanol–water partition coefficient (Wildman–Crippen LogP) is 3.59. The van der Waals surface area contributed by atoms with Gasteiger partial charge in [-0.2, -0.15) is 10.5 Å². The van der Waals surface area contributed by atoms with Gasteiger partial charge in [0.1, 0.15) is 23.3 Å². The lowest BCUT2D eigenvalue weighted by atomic mass is 9.95. The van der Waals surface area contributed by atoms with Gasteiger partial charge < -0.3 is 9.47 Å². The summed E-state index contributed by atoms with van der Waals surface area (Å²) in [6, 6.07) is 14.7. The van der Waals surface area contributed by atoms with Crippen molar-refractivity contribution in [2.24, 2.45) is 0 Å². The smallest absolute Gasteiger partial charge is 0.140 e. The molecule has 3 rings (SSSR count). The van der Waals surface area contributed by atoms with Gasteiger partial charge in [-0.1, -0.05) is 0 Å². The summed E-state index contributed by atoms with van der Waals surface area (Å²) in [6.45, 7) is 0. The van der Waals surface area contributed by atoms with Gasteiger partial charge in [0, 0.05) is 0 Å². The average Bonchev–Trinajstić information content (AvgIpc) is 2.65. The molecule has 0 aliphatic heterocycles.